The zero-order valence-electron chi connectivity index (χ0n) is 25.5. The average Bonchev–Trinajstić information content (AvgIpc) is 2.91. The number of esters is 2. The van der Waals surface area contributed by atoms with E-state index in [2.05, 4.69) is 5.32 Å². The summed E-state index contributed by atoms with van der Waals surface area (Å²) in [4.78, 5) is 47.4. The minimum Gasteiger partial charge on any atom is -0.481 e. The Bertz CT molecular complexity index is 921. The van der Waals surface area contributed by atoms with Gasteiger partial charge in [0.25, 0.3) is 0 Å². The summed E-state index contributed by atoms with van der Waals surface area (Å²) in [5, 5.41) is 31.3. The van der Waals surface area contributed by atoms with Gasteiger partial charge in [0.2, 0.25) is 0 Å². The first-order valence-corrected chi connectivity index (χ1v) is 14.8. The van der Waals surface area contributed by atoms with Crippen molar-refractivity contribution in [3.05, 3.63) is 0 Å². The highest BCUT2D eigenvalue weighted by Crippen LogP contribution is 2.29. The molecule has 0 aliphatic carbocycles. The van der Waals surface area contributed by atoms with Gasteiger partial charge < -0.3 is 54.8 Å². The molecule has 4 unspecified atom stereocenters. The maximum absolute atomic E-state index is 12.8. The Kier molecular flexibility index (Phi) is 15.0. The molecule has 2 saturated heterocycles. The molecular formula is C28H48N2O13. The molecule has 0 aromatic carbocycles. The molecule has 0 radical (unpaired) electrons. The highest BCUT2D eigenvalue weighted by molar-refractivity contribution is 5.75. The van der Waals surface area contributed by atoms with Gasteiger partial charge in [0, 0.05) is 32.2 Å². The Morgan fingerprint density at radius 3 is 2.14 bits per heavy atom. The van der Waals surface area contributed by atoms with Crippen molar-refractivity contribution in [2.45, 2.75) is 141 Å². The number of aliphatic hydroxyl groups excluding tert-OH is 2. The van der Waals surface area contributed by atoms with E-state index in [0.717, 1.165) is 0 Å². The monoisotopic (exact) mass is 620 g/mol. The van der Waals surface area contributed by atoms with E-state index in [1.165, 1.54) is 0 Å². The molecule has 2 amide bonds. The molecule has 43 heavy (non-hydrogen) atoms. The number of hydrogen-bond donors (Lipinski definition) is 5. The molecule has 0 spiro atoms. The Morgan fingerprint density at radius 1 is 0.860 bits per heavy atom. The number of ether oxygens (including phenoxy) is 6. The first-order chi connectivity index (χ1) is 20.2. The van der Waals surface area contributed by atoms with E-state index in [0.29, 0.717) is 12.8 Å². The highest BCUT2D eigenvalue weighted by atomic mass is 16.7. The van der Waals surface area contributed by atoms with Crippen molar-refractivity contribution in [1.82, 2.24) is 5.32 Å². The topological polar surface area (TPSA) is 222 Å². The van der Waals surface area contributed by atoms with Crippen LogP contribution in [0.5, 0.6) is 0 Å². The number of nitrogens with one attached hydrogen (secondary N) is 1. The maximum Gasteiger partial charge on any atom is 0.312 e. The van der Waals surface area contributed by atoms with Crippen LogP contribution in [0.3, 0.4) is 0 Å². The second-order valence-electron chi connectivity index (χ2n) is 11.4. The summed E-state index contributed by atoms with van der Waals surface area (Å²) >= 11 is 0. The Hall–Kier alpha value is -2.56. The van der Waals surface area contributed by atoms with Crippen molar-refractivity contribution in [2.75, 3.05) is 6.54 Å². The van der Waals surface area contributed by atoms with Crippen molar-refractivity contribution < 1.29 is 62.9 Å². The molecule has 15 nitrogen and oxygen atoms in total. The Labute approximate surface area is 251 Å². The van der Waals surface area contributed by atoms with Crippen LogP contribution < -0.4 is 11.1 Å². The molecule has 15 heteroatoms. The minimum absolute atomic E-state index is 0.0175. The van der Waals surface area contributed by atoms with Crippen LogP contribution in [0, 0.1) is 5.92 Å². The SMILES string of the molecule is CC1O[C@@H](O[C@H](C)CCCC(=O)OC2C[C@@H](OC(=O)[C@H](C)CNC(N)=O)C(C)O[C@H]2O[C@H](C)CCC(=O)O)C(O)C[C@H]1O. The number of urea groups is 1. The van der Waals surface area contributed by atoms with Gasteiger partial charge in [-0.1, -0.05) is 6.92 Å². The minimum atomic E-state index is -1.02. The van der Waals surface area contributed by atoms with Crippen molar-refractivity contribution in [2.24, 2.45) is 11.7 Å². The quantitative estimate of drug-likeness (QED) is 0.152. The van der Waals surface area contributed by atoms with Gasteiger partial charge in [0.05, 0.1) is 36.4 Å². The van der Waals surface area contributed by atoms with E-state index in [1.54, 1.807) is 34.6 Å². The van der Waals surface area contributed by atoms with Crippen LogP contribution in [0.1, 0.15) is 79.6 Å². The third-order valence-corrected chi connectivity index (χ3v) is 7.35. The van der Waals surface area contributed by atoms with Gasteiger partial charge >= 0.3 is 23.9 Å². The van der Waals surface area contributed by atoms with Gasteiger partial charge in [0.1, 0.15) is 12.2 Å². The number of primary amides is 1. The zero-order valence-corrected chi connectivity index (χ0v) is 25.5. The van der Waals surface area contributed by atoms with E-state index in [-0.39, 0.29) is 44.8 Å². The summed E-state index contributed by atoms with van der Waals surface area (Å²) in [5.74, 6) is -2.81. The van der Waals surface area contributed by atoms with Crippen molar-refractivity contribution >= 4 is 23.9 Å². The molecule has 2 rings (SSSR count). The number of amides is 2. The molecule has 0 aromatic rings. The molecule has 0 saturated carbocycles. The third kappa shape index (κ3) is 12.9. The molecule has 11 atom stereocenters. The molecular weight excluding hydrogens is 572 g/mol. The lowest BCUT2D eigenvalue weighted by atomic mass is 10.0. The number of hydrogen-bond acceptors (Lipinski definition) is 12. The van der Waals surface area contributed by atoms with Gasteiger partial charge in [-0.2, -0.15) is 0 Å². The molecule has 248 valence electrons. The van der Waals surface area contributed by atoms with E-state index in [9.17, 15) is 29.4 Å². The fourth-order valence-corrected chi connectivity index (χ4v) is 4.64. The van der Waals surface area contributed by atoms with Crippen molar-refractivity contribution in [3.8, 4) is 0 Å². The number of rotatable bonds is 16. The largest absolute Gasteiger partial charge is 0.481 e. The number of nitrogens with two attached hydrogens (primary N) is 1. The average molecular weight is 621 g/mol. The normalized spacial score (nSPS) is 31.3. The van der Waals surface area contributed by atoms with Gasteiger partial charge in [-0.05, 0) is 47.0 Å². The van der Waals surface area contributed by atoms with Gasteiger partial charge in [-0.3, -0.25) is 14.4 Å². The zero-order chi connectivity index (χ0) is 32.3. The van der Waals surface area contributed by atoms with Crippen LogP contribution >= 0.6 is 0 Å². The molecule has 0 bridgehead atoms. The fourth-order valence-electron chi connectivity index (χ4n) is 4.64. The number of carbonyl (C=O) groups excluding carboxylic acids is 3. The molecule has 0 aromatic heterocycles. The summed E-state index contributed by atoms with van der Waals surface area (Å²) in [5.41, 5.74) is 5.06. The first-order valence-electron chi connectivity index (χ1n) is 14.8. The summed E-state index contributed by atoms with van der Waals surface area (Å²) in [6.45, 7) is 8.39. The molecule has 2 aliphatic heterocycles. The Balaban J connectivity index is 1.94. The van der Waals surface area contributed by atoms with Crippen LogP contribution in [-0.4, -0.2) is 107 Å². The lowest BCUT2D eigenvalue weighted by Crippen LogP contribution is -2.51. The lowest BCUT2D eigenvalue weighted by molar-refractivity contribution is -0.281. The number of aliphatic hydroxyl groups is 2. The van der Waals surface area contributed by atoms with Gasteiger partial charge in [-0.25, -0.2) is 4.79 Å². The summed E-state index contributed by atoms with van der Waals surface area (Å²) in [6.07, 6.45) is -6.15. The lowest BCUT2D eigenvalue weighted by Gasteiger charge is -2.40. The standard InChI is InChI=1S/C28H48N2O13/c1-14(13-30-28(29)37)25(36)43-21-12-22(27(41-18(21)5)39-16(3)9-10-23(33)34)42-24(35)8-6-7-15(2)38-26-20(32)11-19(31)17(4)40-26/h14-22,26-27,31-32H,6-13H2,1-5H3,(H,33,34)(H3,29,30,37)/t14-,15-,16-,17?,18?,19-,20?,21-,22?,26-,27-/m1/s1. The van der Waals surface area contributed by atoms with Crippen molar-refractivity contribution in [3.63, 3.8) is 0 Å². The van der Waals surface area contributed by atoms with Crippen LogP contribution in [0.4, 0.5) is 4.79 Å². The third-order valence-electron chi connectivity index (χ3n) is 7.35. The van der Waals surface area contributed by atoms with Crippen LogP contribution in [-0.2, 0) is 42.8 Å². The predicted molar refractivity (Wildman–Crippen MR) is 148 cm³/mol. The Morgan fingerprint density at radius 2 is 1.49 bits per heavy atom. The summed E-state index contributed by atoms with van der Waals surface area (Å²) in [7, 11) is 0. The highest BCUT2D eigenvalue weighted by Gasteiger charge is 2.42. The molecule has 2 fully saturated rings. The van der Waals surface area contributed by atoms with Gasteiger partial charge in [0.15, 0.2) is 18.7 Å². The molecule has 6 N–H and O–H groups in total. The van der Waals surface area contributed by atoms with Crippen LogP contribution in [0.25, 0.3) is 0 Å². The summed E-state index contributed by atoms with van der Waals surface area (Å²) in [6, 6.07) is -0.770. The number of carboxylic acid groups (broad SMARTS) is 1. The number of carboxylic acids is 1. The summed E-state index contributed by atoms with van der Waals surface area (Å²) < 4.78 is 34.4. The predicted octanol–water partition coefficient (Wildman–Crippen LogP) is 0.951. The molecule has 2 aliphatic rings. The van der Waals surface area contributed by atoms with E-state index in [1.807, 2.05) is 0 Å². The van der Waals surface area contributed by atoms with Crippen LogP contribution in [0.15, 0.2) is 0 Å². The molecule has 2 heterocycles. The van der Waals surface area contributed by atoms with E-state index >= 15 is 0 Å². The van der Waals surface area contributed by atoms with Crippen molar-refractivity contribution in [1.29, 1.82) is 0 Å². The number of carbonyl (C=O) groups is 4. The second-order valence-corrected chi connectivity index (χ2v) is 11.4. The van der Waals surface area contributed by atoms with Gasteiger partial charge in [-0.15, -0.1) is 0 Å². The second kappa shape index (κ2) is 17.7. The smallest absolute Gasteiger partial charge is 0.312 e. The maximum atomic E-state index is 12.8. The fraction of sp³-hybridized carbons (Fsp3) is 0.857. The van der Waals surface area contributed by atoms with E-state index in [4.69, 9.17) is 39.3 Å². The first kappa shape index (κ1) is 36.6. The number of aliphatic carboxylic acids is 1. The van der Waals surface area contributed by atoms with E-state index < -0.39 is 85.2 Å². The van der Waals surface area contributed by atoms with Crippen LogP contribution in [0.2, 0.25) is 0 Å².